The zero-order chi connectivity index (χ0) is 20.5. The number of rotatable bonds is 5. The van der Waals surface area contributed by atoms with E-state index in [2.05, 4.69) is 4.90 Å². The zero-order valence-electron chi connectivity index (χ0n) is 17.2. The third-order valence-electron chi connectivity index (χ3n) is 5.40. The Hall–Kier alpha value is -3.08. The van der Waals surface area contributed by atoms with Crippen LogP contribution in [0.1, 0.15) is 36.5 Å². The van der Waals surface area contributed by atoms with Crippen molar-refractivity contribution in [2.24, 2.45) is 0 Å². The summed E-state index contributed by atoms with van der Waals surface area (Å²) >= 11 is 0. The first-order valence-corrected chi connectivity index (χ1v) is 10.2. The van der Waals surface area contributed by atoms with Gasteiger partial charge in [-0.1, -0.05) is 18.2 Å². The van der Waals surface area contributed by atoms with Crippen molar-refractivity contribution in [3.05, 3.63) is 64.9 Å². The summed E-state index contributed by atoms with van der Waals surface area (Å²) in [4.78, 5) is 30.4. The number of hydrogen-bond acceptors (Lipinski definition) is 4. The van der Waals surface area contributed by atoms with Crippen LogP contribution in [-0.2, 0) is 9.59 Å². The third kappa shape index (κ3) is 3.53. The summed E-state index contributed by atoms with van der Waals surface area (Å²) in [5.74, 6) is 0.263. The first-order valence-electron chi connectivity index (χ1n) is 10.2. The lowest BCUT2D eigenvalue weighted by atomic mass is 10.0. The van der Waals surface area contributed by atoms with Crippen LogP contribution in [0.3, 0.4) is 0 Å². The molecule has 2 aliphatic heterocycles. The van der Waals surface area contributed by atoms with Gasteiger partial charge in [0.15, 0.2) is 0 Å². The molecule has 1 fully saturated rings. The molecule has 0 radical (unpaired) electrons. The Labute approximate surface area is 171 Å². The van der Waals surface area contributed by atoms with Gasteiger partial charge in [-0.15, -0.1) is 0 Å². The average molecular weight is 390 g/mol. The zero-order valence-corrected chi connectivity index (χ0v) is 17.2. The Morgan fingerprint density at radius 2 is 1.52 bits per heavy atom. The topological polar surface area (TPSA) is 49.9 Å². The van der Waals surface area contributed by atoms with Crippen LogP contribution < -0.4 is 9.64 Å². The van der Waals surface area contributed by atoms with Crippen molar-refractivity contribution in [2.45, 2.75) is 33.6 Å². The molecule has 4 rings (SSSR count). The highest BCUT2D eigenvalue weighted by Gasteiger charge is 2.43. The van der Waals surface area contributed by atoms with Crippen molar-refractivity contribution in [3.8, 4) is 5.75 Å². The number of amides is 2. The van der Waals surface area contributed by atoms with Crippen molar-refractivity contribution in [3.63, 3.8) is 0 Å². The maximum absolute atomic E-state index is 13.5. The van der Waals surface area contributed by atoms with Crippen LogP contribution in [0, 0.1) is 13.8 Å². The molecule has 2 aliphatic rings. The monoisotopic (exact) mass is 390 g/mol. The first-order chi connectivity index (χ1) is 14.0. The van der Waals surface area contributed by atoms with E-state index in [9.17, 15) is 9.59 Å². The number of anilines is 1. The van der Waals surface area contributed by atoms with Crippen LogP contribution in [-0.4, -0.2) is 36.4 Å². The third-order valence-corrected chi connectivity index (χ3v) is 5.40. The molecule has 0 unspecified atom stereocenters. The van der Waals surface area contributed by atoms with Gasteiger partial charge in [-0.3, -0.25) is 9.59 Å². The summed E-state index contributed by atoms with van der Waals surface area (Å²) in [5, 5.41) is 0. The number of aryl methyl sites for hydroxylation is 2. The second-order valence-electron chi connectivity index (χ2n) is 7.67. The number of hydrogen-bond donors (Lipinski definition) is 0. The number of ether oxygens (including phenoxy) is 1. The van der Waals surface area contributed by atoms with Gasteiger partial charge in [0.1, 0.15) is 11.4 Å². The number of carbonyl (C=O) groups excluding carboxylic acids is 2. The fourth-order valence-electron chi connectivity index (χ4n) is 4.21. The van der Waals surface area contributed by atoms with Gasteiger partial charge >= 0.3 is 0 Å². The van der Waals surface area contributed by atoms with Crippen molar-refractivity contribution < 1.29 is 14.3 Å². The highest BCUT2D eigenvalue weighted by atomic mass is 16.5. The molecule has 5 heteroatoms. The summed E-state index contributed by atoms with van der Waals surface area (Å²) in [6, 6.07) is 13.3. The van der Waals surface area contributed by atoms with E-state index >= 15 is 0 Å². The van der Waals surface area contributed by atoms with Gasteiger partial charge in [0, 0.05) is 13.1 Å². The van der Waals surface area contributed by atoms with Crippen LogP contribution in [0.15, 0.2) is 48.2 Å². The van der Waals surface area contributed by atoms with Gasteiger partial charge in [-0.05, 0) is 74.6 Å². The highest BCUT2D eigenvalue weighted by molar-refractivity contribution is 6.45. The second-order valence-corrected chi connectivity index (χ2v) is 7.67. The average Bonchev–Trinajstić information content (AvgIpc) is 3.28. The lowest BCUT2D eigenvalue weighted by Crippen LogP contribution is -2.34. The predicted octanol–water partition coefficient (Wildman–Crippen LogP) is 4.08. The highest BCUT2D eigenvalue weighted by Crippen LogP contribution is 2.37. The van der Waals surface area contributed by atoms with E-state index < -0.39 is 0 Å². The Bertz CT molecular complexity index is 965. The van der Waals surface area contributed by atoms with Gasteiger partial charge in [-0.2, -0.15) is 0 Å². The van der Waals surface area contributed by atoms with E-state index in [0.29, 0.717) is 23.6 Å². The van der Waals surface area contributed by atoms with Crippen LogP contribution in [0.5, 0.6) is 5.75 Å². The molecule has 0 bridgehead atoms. The molecule has 2 aromatic carbocycles. The van der Waals surface area contributed by atoms with Crippen LogP contribution in [0.2, 0.25) is 0 Å². The van der Waals surface area contributed by atoms with Gasteiger partial charge < -0.3 is 9.64 Å². The number of imide groups is 1. The standard InChI is InChI=1S/C24H26N2O3/c1-4-29-20-9-7-18(8-10-20)21-22(25-11-5-6-12-25)24(28)26(23(21)27)19-14-16(2)13-17(3)15-19/h7-10,13-15H,4-6,11-12H2,1-3H3. The van der Waals surface area contributed by atoms with Gasteiger partial charge in [0.25, 0.3) is 11.8 Å². The maximum Gasteiger partial charge on any atom is 0.282 e. The van der Waals surface area contributed by atoms with E-state index in [1.54, 1.807) is 0 Å². The fourth-order valence-corrected chi connectivity index (χ4v) is 4.21. The molecule has 0 aromatic heterocycles. The Kier molecular flexibility index (Phi) is 5.14. The molecule has 0 spiro atoms. The summed E-state index contributed by atoms with van der Waals surface area (Å²) < 4.78 is 5.53. The Morgan fingerprint density at radius 1 is 0.897 bits per heavy atom. The quantitative estimate of drug-likeness (QED) is 0.722. The molecular weight excluding hydrogens is 364 g/mol. The van der Waals surface area contributed by atoms with E-state index in [-0.39, 0.29) is 11.8 Å². The van der Waals surface area contributed by atoms with Crippen LogP contribution >= 0.6 is 0 Å². The smallest absolute Gasteiger partial charge is 0.282 e. The Morgan fingerprint density at radius 3 is 2.10 bits per heavy atom. The van der Waals surface area contributed by atoms with Crippen molar-refractivity contribution in [2.75, 3.05) is 24.6 Å². The maximum atomic E-state index is 13.5. The molecule has 2 aromatic rings. The van der Waals surface area contributed by atoms with E-state index in [1.165, 1.54) is 4.90 Å². The number of likely N-dealkylation sites (tertiary alicyclic amines) is 1. The second kappa shape index (κ2) is 7.74. The largest absolute Gasteiger partial charge is 0.494 e. The van der Waals surface area contributed by atoms with Gasteiger partial charge in [0.05, 0.1) is 17.9 Å². The molecule has 1 saturated heterocycles. The van der Waals surface area contributed by atoms with E-state index in [0.717, 1.165) is 48.4 Å². The van der Waals surface area contributed by atoms with Gasteiger partial charge in [0.2, 0.25) is 0 Å². The number of benzene rings is 2. The predicted molar refractivity (Wildman–Crippen MR) is 114 cm³/mol. The minimum Gasteiger partial charge on any atom is -0.494 e. The summed E-state index contributed by atoms with van der Waals surface area (Å²) in [6.07, 6.45) is 2.07. The molecule has 0 aliphatic carbocycles. The normalized spacial score (nSPS) is 16.9. The fraction of sp³-hybridized carbons (Fsp3) is 0.333. The lowest BCUT2D eigenvalue weighted by Gasteiger charge is -2.20. The summed E-state index contributed by atoms with van der Waals surface area (Å²) in [5.41, 5.74) is 4.45. The summed E-state index contributed by atoms with van der Waals surface area (Å²) in [7, 11) is 0. The van der Waals surface area contributed by atoms with Crippen LogP contribution in [0.4, 0.5) is 5.69 Å². The van der Waals surface area contributed by atoms with E-state index in [4.69, 9.17) is 4.74 Å². The summed E-state index contributed by atoms with van der Waals surface area (Å²) in [6.45, 7) is 8.07. The molecule has 2 heterocycles. The first kappa shape index (κ1) is 19.2. The SMILES string of the molecule is CCOc1ccc(C2=C(N3CCCC3)C(=O)N(c3cc(C)cc(C)c3)C2=O)cc1. The molecule has 150 valence electrons. The number of nitrogens with zero attached hydrogens (tertiary/aromatic N) is 2. The molecule has 2 amide bonds. The Balaban J connectivity index is 1.80. The van der Waals surface area contributed by atoms with E-state index in [1.807, 2.05) is 63.2 Å². The molecule has 29 heavy (non-hydrogen) atoms. The van der Waals surface area contributed by atoms with Gasteiger partial charge in [-0.25, -0.2) is 4.90 Å². The molecule has 0 atom stereocenters. The molecule has 0 N–H and O–H groups in total. The van der Waals surface area contributed by atoms with Crippen molar-refractivity contribution >= 4 is 23.1 Å². The van der Waals surface area contributed by atoms with Crippen molar-refractivity contribution in [1.29, 1.82) is 0 Å². The lowest BCUT2D eigenvalue weighted by molar-refractivity contribution is -0.120. The minimum atomic E-state index is -0.258. The molecular formula is C24H26N2O3. The minimum absolute atomic E-state index is 0.231. The van der Waals surface area contributed by atoms with Crippen LogP contribution in [0.25, 0.3) is 5.57 Å². The van der Waals surface area contributed by atoms with Crippen molar-refractivity contribution in [1.82, 2.24) is 4.90 Å². The number of carbonyl (C=O) groups is 2. The molecule has 5 nitrogen and oxygen atoms in total. The molecule has 0 saturated carbocycles.